The zero-order valence-electron chi connectivity index (χ0n) is 13.0. The third-order valence-electron chi connectivity index (χ3n) is 5.23. The third-order valence-corrected chi connectivity index (χ3v) is 5.23. The number of aryl methyl sites for hydroxylation is 2. The standard InChI is InChI=1S/C16H25N3O2/c1-11-9-13(18(2)17-11)10-19-14-6-4-3-5-12(14)7-8-15(19)16(20)21/h9,12,14-15H,3-8,10H2,1-2H3,(H,20,21). The molecule has 1 aromatic rings. The highest BCUT2D eigenvalue weighted by Gasteiger charge is 2.41. The Balaban J connectivity index is 1.85. The number of carboxylic acid groups (broad SMARTS) is 1. The van der Waals surface area contributed by atoms with E-state index in [1.807, 2.05) is 18.7 Å². The topological polar surface area (TPSA) is 58.4 Å². The lowest BCUT2D eigenvalue weighted by Crippen LogP contribution is -2.54. The highest BCUT2D eigenvalue weighted by Crippen LogP contribution is 2.38. The molecule has 2 aliphatic rings. The number of carbonyl (C=O) groups is 1. The predicted molar refractivity (Wildman–Crippen MR) is 79.9 cm³/mol. The van der Waals surface area contributed by atoms with Crippen LogP contribution >= 0.6 is 0 Å². The van der Waals surface area contributed by atoms with E-state index in [2.05, 4.69) is 16.1 Å². The van der Waals surface area contributed by atoms with Gasteiger partial charge in [0.25, 0.3) is 0 Å². The summed E-state index contributed by atoms with van der Waals surface area (Å²) >= 11 is 0. The second-order valence-corrected chi connectivity index (χ2v) is 6.62. The van der Waals surface area contributed by atoms with Crippen LogP contribution in [0.25, 0.3) is 0 Å². The van der Waals surface area contributed by atoms with Gasteiger partial charge in [0.2, 0.25) is 0 Å². The molecule has 0 radical (unpaired) electrons. The molecule has 3 unspecified atom stereocenters. The molecule has 116 valence electrons. The first kappa shape index (κ1) is 14.6. The third kappa shape index (κ3) is 2.84. The fraction of sp³-hybridized carbons (Fsp3) is 0.750. The molecule has 5 heteroatoms. The van der Waals surface area contributed by atoms with Gasteiger partial charge in [0.05, 0.1) is 11.4 Å². The van der Waals surface area contributed by atoms with Gasteiger partial charge in [0.15, 0.2) is 0 Å². The zero-order chi connectivity index (χ0) is 15.0. The van der Waals surface area contributed by atoms with Crippen molar-refractivity contribution in [2.75, 3.05) is 0 Å². The van der Waals surface area contributed by atoms with Crippen molar-refractivity contribution in [3.8, 4) is 0 Å². The Morgan fingerprint density at radius 1 is 1.33 bits per heavy atom. The second kappa shape index (κ2) is 5.79. The first-order chi connectivity index (χ1) is 10.1. The van der Waals surface area contributed by atoms with E-state index < -0.39 is 5.97 Å². The monoisotopic (exact) mass is 291 g/mol. The minimum Gasteiger partial charge on any atom is -0.480 e. The summed E-state index contributed by atoms with van der Waals surface area (Å²) < 4.78 is 1.89. The Morgan fingerprint density at radius 3 is 2.76 bits per heavy atom. The lowest BCUT2D eigenvalue weighted by molar-refractivity contribution is -0.148. The van der Waals surface area contributed by atoms with Crippen molar-refractivity contribution in [2.24, 2.45) is 13.0 Å². The van der Waals surface area contributed by atoms with Gasteiger partial charge < -0.3 is 5.11 Å². The van der Waals surface area contributed by atoms with Crippen molar-refractivity contribution in [1.29, 1.82) is 0 Å². The fourth-order valence-corrected chi connectivity index (χ4v) is 4.22. The molecule has 0 spiro atoms. The lowest BCUT2D eigenvalue weighted by Gasteiger charge is -2.47. The second-order valence-electron chi connectivity index (χ2n) is 6.62. The van der Waals surface area contributed by atoms with Crippen LogP contribution in [-0.4, -0.2) is 37.8 Å². The van der Waals surface area contributed by atoms with Crippen LogP contribution in [0.2, 0.25) is 0 Å². The Kier molecular flexibility index (Phi) is 4.02. The van der Waals surface area contributed by atoms with Crippen LogP contribution in [0.3, 0.4) is 0 Å². The Hall–Kier alpha value is -1.36. The average Bonchev–Trinajstić information content (AvgIpc) is 2.77. The highest BCUT2D eigenvalue weighted by molar-refractivity contribution is 5.73. The number of likely N-dealkylation sites (tertiary alicyclic amines) is 1. The average molecular weight is 291 g/mol. The maximum absolute atomic E-state index is 11.7. The van der Waals surface area contributed by atoms with E-state index in [1.54, 1.807) is 0 Å². The van der Waals surface area contributed by atoms with Gasteiger partial charge in [-0.15, -0.1) is 0 Å². The highest BCUT2D eigenvalue weighted by atomic mass is 16.4. The first-order valence-corrected chi connectivity index (χ1v) is 8.04. The zero-order valence-corrected chi connectivity index (χ0v) is 13.0. The molecule has 2 heterocycles. The molecule has 0 bridgehead atoms. The van der Waals surface area contributed by atoms with Gasteiger partial charge in [-0.1, -0.05) is 12.8 Å². The van der Waals surface area contributed by atoms with Crippen LogP contribution in [0.15, 0.2) is 6.07 Å². The smallest absolute Gasteiger partial charge is 0.320 e. The summed E-state index contributed by atoms with van der Waals surface area (Å²) in [6.45, 7) is 2.69. The summed E-state index contributed by atoms with van der Waals surface area (Å²) in [6.07, 6.45) is 6.80. The molecule has 5 nitrogen and oxygen atoms in total. The van der Waals surface area contributed by atoms with Crippen molar-refractivity contribution < 1.29 is 9.90 Å². The van der Waals surface area contributed by atoms with Crippen molar-refractivity contribution in [3.05, 3.63) is 17.5 Å². The molecule has 1 N–H and O–H groups in total. The van der Waals surface area contributed by atoms with Crippen molar-refractivity contribution in [2.45, 2.75) is 64.1 Å². The van der Waals surface area contributed by atoms with Crippen LogP contribution in [0.1, 0.15) is 49.9 Å². The van der Waals surface area contributed by atoms with Gasteiger partial charge >= 0.3 is 5.97 Å². The van der Waals surface area contributed by atoms with E-state index >= 15 is 0 Å². The van der Waals surface area contributed by atoms with Crippen LogP contribution in [0.4, 0.5) is 0 Å². The molecule has 3 rings (SSSR count). The van der Waals surface area contributed by atoms with Crippen LogP contribution < -0.4 is 0 Å². The summed E-state index contributed by atoms with van der Waals surface area (Å²) in [5, 5.41) is 14.0. The molecular weight excluding hydrogens is 266 g/mol. The Morgan fingerprint density at radius 2 is 2.10 bits per heavy atom. The van der Waals surface area contributed by atoms with Crippen LogP contribution in [0, 0.1) is 12.8 Å². The quantitative estimate of drug-likeness (QED) is 0.928. The number of rotatable bonds is 3. The Labute approximate surface area is 125 Å². The van der Waals surface area contributed by atoms with Crippen molar-refractivity contribution >= 4 is 5.97 Å². The molecule has 1 aliphatic carbocycles. The summed E-state index contributed by atoms with van der Waals surface area (Å²) in [4.78, 5) is 13.9. The van der Waals surface area contributed by atoms with Gasteiger partial charge in [-0.2, -0.15) is 5.10 Å². The Bertz CT molecular complexity index is 526. The van der Waals surface area contributed by atoms with E-state index in [0.717, 1.165) is 30.7 Å². The number of piperidine rings is 1. The number of fused-ring (bicyclic) bond motifs is 1. The van der Waals surface area contributed by atoms with Gasteiger partial charge in [-0.3, -0.25) is 14.4 Å². The molecule has 0 amide bonds. The molecule has 2 fully saturated rings. The largest absolute Gasteiger partial charge is 0.480 e. The van der Waals surface area contributed by atoms with Crippen LogP contribution in [0.5, 0.6) is 0 Å². The summed E-state index contributed by atoms with van der Waals surface area (Å²) in [5.74, 6) is 0.0154. The number of hydrogen-bond donors (Lipinski definition) is 1. The fourth-order valence-electron chi connectivity index (χ4n) is 4.22. The molecule has 21 heavy (non-hydrogen) atoms. The number of nitrogens with zero attached hydrogens (tertiary/aromatic N) is 3. The minimum absolute atomic E-state index is 0.334. The van der Waals surface area contributed by atoms with E-state index in [0.29, 0.717) is 18.5 Å². The van der Waals surface area contributed by atoms with E-state index in [1.165, 1.54) is 19.3 Å². The first-order valence-electron chi connectivity index (χ1n) is 8.04. The maximum atomic E-state index is 11.7. The molecule has 0 aromatic carbocycles. The molecule has 3 atom stereocenters. The predicted octanol–water partition coefficient (Wildman–Crippen LogP) is 2.34. The minimum atomic E-state index is -0.669. The van der Waals surface area contributed by atoms with Crippen molar-refractivity contribution in [3.63, 3.8) is 0 Å². The summed E-state index contributed by atoms with van der Waals surface area (Å²) in [6, 6.07) is 2.18. The number of aliphatic carboxylic acids is 1. The molecule has 1 saturated carbocycles. The maximum Gasteiger partial charge on any atom is 0.320 e. The summed E-state index contributed by atoms with van der Waals surface area (Å²) in [7, 11) is 1.94. The molecule has 1 saturated heterocycles. The SMILES string of the molecule is Cc1cc(CN2C(C(=O)O)CCC3CCCCC32)n(C)n1. The van der Waals surface area contributed by atoms with E-state index in [9.17, 15) is 9.90 Å². The van der Waals surface area contributed by atoms with E-state index in [-0.39, 0.29) is 6.04 Å². The van der Waals surface area contributed by atoms with Gasteiger partial charge in [-0.25, -0.2) is 0 Å². The molecular formula is C16H25N3O2. The van der Waals surface area contributed by atoms with E-state index in [4.69, 9.17) is 0 Å². The van der Waals surface area contributed by atoms with Gasteiger partial charge in [0.1, 0.15) is 6.04 Å². The van der Waals surface area contributed by atoms with Gasteiger partial charge in [-0.05, 0) is 44.6 Å². The summed E-state index contributed by atoms with van der Waals surface area (Å²) in [5.41, 5.74) is 2.11. The van der Waals surface area contributed by atoms with Crippen molar-refractivity contribution in [1.82, 2.24) is 14.7 Å². The number of carboxylic acids is 1. The normalized spacial score (nSPS) is 30.1. The lowest BCUT2D eigenvalue weighted by atomic mass is 9.76. The number of aromatic nitrogens is 2. The molecule has 1 aromatic heterocycles. The van der Waals surface area contributed by atoms with Gasteiger partial charge in [0, 0.05) is 19.6 Å². The number of hydrogen-bond acceptors (Lipinski definition) is 3. The molecule has 1 aliphatic heterocycles. The van der Waals surface area contributed by atoms with Crippen LogP contribution in [-0.2, 0) is 18.4 Å².